The lowest BCUT2D eigenvalue weighted by Crippen LogP contribution is -1.89. The molecule has 102 valence electrons. The molecule has 0 saturated carbocycles. The van der Waals surface area contributed by atoms with E-state index in [0.29, 0.717) is 11.8 Å². The lowest BCUT2D eigenvalue weighted by Gasteiger charge is -1.95. The van der Waals surface area contributed by atoms with Crippen molar-refractivity contribution in [1.29, 1.82) is 0 Å². The Balaban J connectivity index is 0.000000399. The highest BCUT2D eigenvalue weighted by Crippen LogP contribution is 2.23. The summed E-state index contributed by atoms with van der Waals surface area (Å²) in [5, 5.41) is 4.29. The first kappa shape index (κ1) is 15.5. The molecule has 2 rings (SSSR count). The first-order valence-electron chi connectivity index (χ1n) is 5.59. The summed E-state index contributed by atoms with van der Waals surface area (Å²) in [6.07, 6.45) is 0.326. The van der Waals surface area contributed by atoms with Gasteiger partial charge in [-0.3, -0.25) is 4.79 Å². The fraction of sp³-hybridized carbons (Fsp3) is 0.231. The third kappa shape index (κ3) is 4.23. The van der Waals surface area contributed by atoms with Crippen LogP contribution in [0.15, 0.2) is 28.8 Å². The molecule has 6 heteroatoms. The Labute approximate surface area is 113 Å². The lowest BCUT2D eigenvalue weighted by atomic mass is 10.1. The molecular weight excluding hydrogens is 268 g/mol. The van der Waals surface area contributed by atoms with Gasteiger partial charge in [-0.1, -0.05) is 29.4 Å². The second-order valence-corrected chi connectivity index (χ2v) is 4.19. The molecule has 0 amide bonds. The summed E-state index contributed by atoms with van der Waals surface area (Å²) in [6.45, 7) is 2.78. The molecule has 0 aliphatic rings. The summed E-state index contributed by atoms with van der Waals surface area (Å²) >= 11 is 0. The molecule has 0 aliphatic heterocycles. The van der Waals surface area contributed by atoms with Crippen LogP contribution in [0.4, 0.5) is 4.39 Å². The van der Waals surface area contributed by atoms with E-state index >= 15 is 0 Å². The Morgan fingerprint density at radius 2 is 2.00 bits per heavy atom. The van der Waals surface area contributed by atoms with Crippen LogP contribution in [0.5, 0.6) is 0 Å². The molecule has 0 spiro atoms. The van der Waals surface area contributed by atoms with Gasteiger partial charge in [0.25, 0.3) is 0 Å². The van der Waals surface area contributed by atoms with E-state index in [1.807, 2.05) is 6.92 Å². The smallest absolute Gasteiger partial charge is 0.203 e. The van der Waals surface area contributed by atoms with E-state index in [-0.39, 0.29) is 11.5 Å². The molecule has 1 unspecified atom stereocenters. The lowest BCUT2D eigenvalue weighted by molar-refractivity contribution is 0.111. The summed E-state index contributed by atoms with van der Waals surface area (Å²) in [7, 11) is 4.20. The molecule has 0 aliphatic carbocycles. The Bertz CT molecular complexity index is 523. The first-order chi connectivity index (χ1) is 9.13. The van der Waals surface area contributed by atoms with Crippen molar-refractivity contribution in [1.82, 2.24) is 5.16 Å². The average Bonchev–Trinajstić information content (AvgIpc) is 2.81. The molecule has 1 atom stereocenters. The summed E-state index contributed by atoms with van der Waals surface area (Å²) in [5.41, 5.74) is 0.249. The largest absolute Gasteiger partial charge is 0.385 e. The SMILES string of the molecule is CCOC.O=Cc1noc(-c2ccc(P)cc2)c1F. The monoisotopic (exact) mass is 283 g/mol. The maximum Gasteiger partial charge on any atom is 0.203 e. The molecule has 0 N–H and O–H groups in total. The molecule has 0 bridgehead atoms. The molecule has 4 nitrogen and oxygen atoms in total. The number of nitrogens with zero attached hydrogens (tertiary/aromatic N) is 1. The van der Waals surface area contributed by atoms with E-state index in [2.05, 4.69) is 19.1 Å². The molecular formula is C13H15FNO3P. The van der Waals surface area contributed by atoms with E-state index < -0.39 is 5.82 Å². The van der Waals surface area contributed by atoms with Crippen LogP contribution in [0, 0.1) is 5.82 Å². The summed E-state index contributed by atoms with van der Waals surface area (Å²) in [4.78, 5) is 10.4. The second kappa shape index (κ2) is 7.77. The van der Waals surface area contributed by atoms with Crippen molar-refractivity contribution in [2.75, 3.05) is 13.7 Å². The van der Waals surface area contributed by atoms with Gasteiger partial charge in [0.1, 0.15) is 0 Å². The van der Waals surface area contributed by atoms with E-state index in [9.17, 15) is 9.18 Å². The number of halogens is 1. The van der Waals surface area contributed by atoms with Crippen molar-refractivity contribution >= 4 is 20.8 Å². The molecule has 19 heavy (non-hydrogen) atoms. The molecule has 2 aromatic rings. The number of rotatable bonds is 3. The summed E-state index contributed by atoms with van der Waals surface area (Å²) < 4.78 is 22.7. The fourth-order valence-corrected chi connectivity index (χ4v) is 1.37. The molecule has 0 fully saturated rings. The van der Waals surface area contributed by atoms with Crippen LogP contribution >= 0.6 is 9.24 Å². The minimum atomic E-state index is -0.721. The van der Waals surface area contributed by atoms with Gasteiger partial charge in [-0.2, -0.15) is 0 Å². The minimum Gasteiger partial charge on any atom is -0.385 e. The van der Waals surface area contributed by atoms with E-state index in [0.717, 1.165) is 11.9 Å². The van der Waals surface area contributed by atoms with E-state index in [1.54, 1.807) is 31.4 Å². The van der Waals surface area contributed by atoms with Gasteiger partial charge in [0.15, 0.2) is 12.0 Å². The van der Waals surface area contributed by atoms with Crippen LogP contribution in [0.1, 0.15) is 17.4 Å². The van der Waals surface area contributed by atoms with Crippen LogP contribution in [-0.4, -0.2) is 25.2 Å². The topological polar surface area (TPSA) is 52.3 Å². The van der Waals surface area contributed by atoms with Gasteiger partial charge in [0, 0.05) is 19.3 Å². The number of carbonyl (C=O) groups excluding carboxylic acids is 1. The van der Waals surface area contributed by atoms with Gasteiger partial charge in [-0.15, -0.1) is 9.24 Å². The summed E-state index contributed by atoms with van der Waals surface area (Å²) in [6, 6.07) is 6.98. The zero-order chi connectivity index (χ0) is 14.3. The predicted molar refractivity (Wildman–Crippen MR) is 74.2 cm³/mol. The average molecular weight is 283 g/mol. The van der Waals surface area contributed by atoms with Gasteiger partial charge in [0.2, 0.25) is 11.6 Å². The highest BCUT2D eigenvalue weighted by molar-refractivity contribution is 7.27. The maximum absolute atomic E-state index is 13.4. The van der Waals surface area contributed by atoms with Gasteiger partial charge < -0.3 is 9.26 Å². The fourth-order valence-electron chi connectivity index (χ4n) is 1.18. The maximum atomic E-state index is 13.4. The molecule has 1 aromatic heterocycles. The Morgan fingerprint density at radius 1 is 1.42 bits per heavy atom. The molecule has 1 heterocycles. The zero-order valence-corrected chi connectivity index (χ0v) is 11.9. The van der Waals surface area contributed by atoms with E-state index in [4.69, 9.17) is 4.52 Å². The third-order valence-corrected chi connectivity index (χ3v) is 2.62. The van der Waals surface area contributed by atoms with Crippen molar-refractivity contribution in [3.8, 4) is 11.3 Å². The van der Waals surface area contributed by atoms with Crippen LogP contribution in [-0.2, 0) is 4.74 Å². The van der Waals surface area contributed by atoms with Crippen LogP contribution in [0.3, 0.4) is 0 Å². The van der Waals surface area contributed by atoms with Crippen molar-refractivity contribution in [3.63, 3.8) is 0 Å². The minimum absolute atomic E-state index is 0.0119. The molecule has 0 radical (unpaired) electrons. The summed E-state index contributed by atoms with van der Waals surface area (Å²) in [5.74, 6) is -0.733. The first-order valence-corrected chi connectivity index (χ1v) is 6.17. The Hall–Kier alpha value is -1.58. The van der Waals surface area contributed by atoms with Crippen molar-refractivity contribution < 1.29 is 18.4 Å². The molecule has 0 saturated heterocycles. The van der Waals surface area contributed by atoms with Gasteiger partial charge in [-0.25, -0.2) is 4.39 Å². The highest BCUT2D eigenvalue weighted by Gasteiger charge is 2.16. The van der Waals surface area contributed by atoms with Gasteiger partial charge in [0.05, 0.1) is 0 Å². The van der Waals surface area contributed by atoms with Crippen LogP contribution < -0.4 is 5.30 Å². The van der Waals surface area contributed by atoms with Gasteiger partial charge >= 0.3 is 0 Å². The molecule has 1 aromatic carbocycles. The van der Waals surface area contributed by atoms with Crippen molar-refractivity contribution in [3.05, 3.63) is 35.8 Å². The van der Waals surface area contributed by atoms with Crippen molar-refractivity contribution in [2.45, 2.75) is 6.92 Å². The normalized spacial score (nSPS) is 9.68. The van der Waals surface area contributed by atoms with E-state index in [1.165, 1.54) is 0 Å². The Morgan fingerprint density at radius 3 is 2.42 bits per heavy atom. The number of aldehydes is 1. The second-order valence-electron chi connectivity index (χ2n) is 3.53. The van der Waals surface area contributed by atoms with Crippen LogP contribution in [0.25, 0.3) is 11.3 Å². The number of aromatic nitrogens is 1. The number of methoxy groups -OCH3 is 1. The number of ether oxygens (including phenoxy) is 1. The quantitative estimate of drug-likeness (QED) is 0.641. The Kier molecular flexibility index (Phi) is 6.33. The van der Waals surface area contributed by atoms with Crippen LogP contribution in [0.2, 0.25) is 0 Å². The zero-order valence-electron chi connectivity index (χ0n) is 10.7. The standard InChI is InChI=1S/C10H7FNO2P.C3H8O/c11-9-8(5-13)12-14-10(9)6-1-3-7(15)4-2-6;1-3-4-2/h1-5H,15H2;3H2,1-2H3. The number of carbonyl (C=O) groups is 1. The highest BCUT2D eigenvalue weighted by atomic mass is 31.0. The third-order valence-electron chi connectivity index (χ3n) is 2.23. The van der Waals surface area contributed by atoms with Gasteiger partial charge in [-0.05, 0) is 12.2 Å². The number of hydrogen-bond donors (Lipinski definition) is 0. The predicted octanol–water partition coefficient (Wildman–Crippen LogP) is 2.45. The van der Waals surface area contributed by atoms with Crippen molar-refractivity contribution in [2.24, 2.45) is 0 Å². The number of benzene rings is 1. The number of hydrogen-bond acceptors (Lipinski definition) is 4.